The molecule has 0 spiro atoms. The molecule has 0 atom stereocenters. The number of hydrogen-bond donors (Lipinski definition) is 1. The Morgan fingerprint density at radius 1 is 0.538 bits per heavy atom. The summed E-state index contributed by atoms with van der Waals surface area (Å²) in [6.07, 6.45) is 2.16. The number of H-pyrrole nitrogens is 1. The van der Waals surface area contributed by atoms with Crippen LogP contribution in [-0.2, 0) is 0 Å². The molecule has 3 heteroatoms. The van der Waals surface area contributed by atoms with E-state index in [-0.39, 0.29) is 0 Å². The van der Waals surface area contributed by atoms with E-state index in [1.54, 1.807) is 0 Å². The predicted molar refractivity (Wildman–Crippen MR) is 165 cm³/mol. The van der Waals surface area contributed by atoms with Crippen LogP contribution < -0.4 is 0 Å². The number of nitrogens with one attached hydrogen (secondary N) is 1. The average molecular weight is 506 g/mol. The minimum atomic E-state index is 0.708. The molecule has 4 aromatic carbocycles. The Balaban J connectivity index is 1.51. The maximum Gasteiger partial charge on any atom is 0.162 e. The third kappa shape index (κ3) is 5.17. The van der Waals surface area contributed by atoms with Gasteiger partial charge in [-0.2, -0.15) is 0 Å². The largest absolute Gasteiger partial charge is 0.339 e. The SMILES string of the molecule is Cc1ccc(C2=CC(c3ccc(C)cc3)=NC2=Nc2[nH]c(-c3ccc(C)cc3)cc2-c2ccc(C)cc2)cc1. The number of allylic oxidation sites excluding steroid dienone is 1. The molecule has 0 amide bonds. The zero-order valence-electron chi connectivity index (χ0n) is 22.8. The number of aromatic amines is 1. The second kappa shape index (κ2) is 10.2. The number of rotatable bonds is 5. The smallest absolute Gasteiger partial charge is 0.162 e. The van der Waals surface area contributed by atoms with Crippen LogP contribution in [0, 0.1) is 27.7 Å². The van der Waals surface area contributed by atoms with Gasteiger partial charge in [-0.05, 0) is 56.5 Å². The van der Waals surface area contributed by atoms with Crippen molar-refractivity contribution in [3.05, 3.63) is 143 Å². The Hall–Kier alpha value is -4.76. The minimum absolute atomic E-state index is 0.708. The van der Waals surface area contributed by atoms with Crippen molar-refractivity contribution in [3.8, 4) is 22.4 Å². The van der Waals surface area contributed by atoms with Crippen LogP contribution in [0.1, 0.15) is 33.4 Å². The molecule has 0 saturated carbocycles. The summed E-state index contributed by atoms with van der Waals surface area (Å²) in [5, 5.41) is 0. The zero-order chi connectivity index (χ0) is 26.9. The lowest BCUT2D eigenvalue weighted by atomic mass is 10.0. The van der Waals surface area contributed by atoms with E-state index < -0.39 is 0 Å². The summed E-state index contributed by atoms with van der Waals surface area (Å²) in [5.74, 6) is 1.51. The first-order valence-corrected chi connectivity index (χ1v) is 13.3. The highest BCUT2D eigenvalue weighted by atomic mass is 15.0. The number of aliphatic imine (C=N–C) groups is 2. The number of benzene rings is 4. The van der Waals surface area contributed by atoms with Gasteiger partial charge in [0.2, 0.25) is 0 Å². The topological polar surface area (TPSA) is 40.5 Å². The van der Waals surface area contributed by atoms with Crippen LogP contribution in [0.5, 0.6) is 0 Å². The zero-order valence-corrected chi connectivity index (χ0v) is 22.8. The summed E-state index contributed by atoms with van der Waals surface area (Å²) in [7, 11) is 0. The lowest BCUT2D eigenvalue weighted by Crippen LogP contribution is -1.96. The van der Waals surface area contributed by atoms with E-state index in [1.165, 1.54) is 22.3 Å². The van der Waals surface area contributed by atoms with Crippen molar-refractivity contribution < 1.29 is 0 Å². The summed E-state index contributed by atoms with van der Waals surface area (Å²) in [6.45, 7) is 8.42. The van der Waals surface area contributed by atoms with Crippen LogP contribution >= 0.6 is 0 Å². The van der Waals surface area contributed by atoms with Gasteiger partial charge in [-0.3, -0.25) is 0 Å². The Labute approximate surface area is 230 Å². The molecule has 2 heterocycles. The highest BCUT2D eigenvalue weighted by Crippen LogP contribution is 2.37. The summed E-state index contributed by atoms with van der Waals surface area (Å²) in [4.78, 5) is 13.9. The Morgan fingerprint density at radius 3 is 1.54 bits per heavy atom. The van der Waals surface area contributed by atoms with Crippen molar-refractivity contribution in [3.63, 3.8) is 0 Å². The molecule has 0 fully saturated rings. The van der Waals surface area contributed by atoms with Gasteiger partial charge >= 0.3 is 0 Å². The van der Waals surface area contributed by atoms with Crippen LogP contribution in [-0.4, -0.2) is 16.5 Å². The van der Waals surface area contributed by atoms with Crippen molar-refractivity contribution >= 4 is 22.9 Å². The third-order valence-electron chi connectivity index (χ3n) is 7.20. The summed E-state index contributed by atoms with van der Waals surface area (Å²) in [5.41, 5.74) is 13.4. The fraction of sp³-hybridized carbons (Fsp3) is 0.111. The Bertz CT molecular complexity index is 1730. The molecule has 6 rings (SSSR count). The van der Waals surface area contributed by atoms with E-state index in [9.17, 15) is 0 Å². The first kappa shape index (κ1) is 24.6. The second-order valence-corrected chi connectivity index (χ2v) is 10.4. The lowest BCUT2D eigenvalue weighted by Gasteiger charge is -2.06. The van der Waals surface area contributed by atoms with Crippen molar-refractivity contribution in [2.45, 2.75) is 27.7 Å². The number of aryl methyl sites for hydroxylation is 4. The van der Waals surface area contributed by atoms with Gasteiger partial charge in [-0.1, -0.05) is 119 Å². The van der Waals surface area contributed by atoms with E-state index in [2.05, 4.69) is 142 Å². The quantitative estimate of drug-likeness (QED) is 0.247. The molecule has 0 radical (unpaired) electrons. The maximum absolute atomic E-state index is 5.20. The van der Waals surface area contributed by atoms with E-state index in [1.807, 2.05) is 0 Å². The normalized spacial score (nSPS) is 14.0. The Kier molecular flexibility index (Phi) is 6.42. The molecule has 190 valence electrons. The van der Waals surface area contributed by atoms with Crippen LogP contribution in [0.3, 0.4) is 0 Å². The summed E-state index contributed by atoms with van der Waals surface area (Å²) in [6, 6.07) is 36.5. The number of amidine groups is 1. The summed E-state index contributed by atoms with van der Waals surface area (Å²) >= 11 is 0. The number of nitrogens with zero attached hydrogens (tertiary/aromatic N) is 2. The molecule has 1 aliphatic heterocycles. The molecule has 0 unspecified atom stereocenters. The molecule has 1 aliphatic rings. The van der Waals surface area contributed by atoms with Crippen molar-refractivity contribution in [1.29, 1.82) is 0 Å². The van der Waals surface area contributed by atoms with Crippen LogP contribution in [0.4, 0.5) is 5.82 Å². The standard InChI is InChI=1S/C36H31N3/c1-23-5-13-27(14-6-23)31-21-33(29-17-9-25(3)10-18-29)37-35(31)39-36-32(28-15-7-24(2)8-16-28)22-34(38-36)30-19-11-26(4)12-20-30/h5-22,37H,1-4H3. The fourth-order valence-corrected chi connectivity index (χ4v) is 4.79. The van der Waals surface area contributed by atoms with E-state index in [0.29, 0.717) is 5.84 Å². The second-order valence-electron chi connectivity index (χ2n) is 10.4. The van der Waals surface area contributed by atoms with Crippen LogP contribution in [0.15, 0.2) is 119 Å². The maximum atomic E-state index is 5.20. The molecule has 0 bridgehead atoms. The van der Waals surface area contributed by atoms with E-state index in [0.717, 1.165) is 50.6 Å². The molecule has 39 heavy (non-hydrogen) atoms. The van der Waals surface area contributed by atoms with Gasteiger partial charge in [0.15, 0.2) is 5.84 Å². The van der Waals surface area contributed by atoms with E-state index in [4.69, 9.17) is 9.98 Å². The van der Waals surface area contributed by atoms with E-state index >= 15 is 0 Å². The highest BCUT2D eigenvalue weighted by molar-refractivity contribution is 6.38. The monoisotopic (exact) mass is 505 g/mol. The first-order valence-electron chi connectivity index (χ1n) is 13.3. The number of aromatic nitrogens is 1. The predicted octanol–water partition coefficient (Wildman–Crippen LogP) is 9.20. The van der Waals surface area contributed by atoms with Gasteiger partial charge < -0.3 is 4.98 Å². The highest BCUT2D eigenvalue weighted by Gasteiger charge is 2.21. The van der Waals surface area contributed by atoms with Crippen LogP contribution in [0.2, 0.25) is 0 Å². The molecule has 5 aromatic rings. The minimum Gasteiger partial charge on any atom is -0.339 e. The molecule has 0 aliphatic carbocycles. The van der Waals surface area contributed by atoms with Gasteiger partial charge in [-0.25, -0.2) is 9.98 Å². The van der Waals surface area contributed by atoms with Crippen molar-refractivity contribution in [2.75, 3.05) is 0 Å². The first-order chi connectivity index (χ1) is 18.9. The molecule has 1 aromatic heterocycles. The van der Waals surface area contributed by atoms with Gasteiger partial charge in [0.05, 0.1) is 5.71 Å². The van der Waals surface area contributed by atoms with Crippen molar-refractivity contribution in [1.82, 2.24) is 4.98 Å². The molecule has 1 N–H and O–H groups in total. The van der Waals surface area contributed by atoms with Gasteiger partial charge in [0, 0.05) is 22.4 Å². The van der Waals surface area contributed by atoms with Gasteiger partial charge in [0.25, 0.3) is 0 Å². The Morgan fingerprint density at radius 2 is 1.00 bits per heavy atom. The fourth-order valence-electron chi connectivity index (χ4n) is 4.79. The average Bonchev–Trinajstić information content (AvgIpc) is 3.55. The van der Waals surface area contributed by atoms with Crippen LogP contribution in [0.25, 0.3) is 28.0 Å². The van der Waals surface area contributed by atoms with Gasteiger partial charge in [0.1, 0.15) is 5.82 Å². The molecular formula is C36H31N3. The lowest BCUT2D eigenvalue weighted by molar-refractivity contribution is 1.32. The van der Waals surface area contributed by atoms with Gasteiger partial charge in [-0.15, -0.1) is 0 Å². The third-order valence-corrected chi connectivity index (χ3v) is 7.20. The number of hydrogen-bond acceptors (Lipinski definition) is 1. The molecule has 3 nitrogen and oxygen atoms in total. The molecule has 0 saturated heterocycles. The molecular weight excluding hydrogens is 474 g/mol. The summed E-state index contributed by atoms with van der Waals surface area (Å²) < 4.78 is 0. The van der Waals surface area contributed by atoms with Crippen molar-refractivity contribution in [2.24, 2.45) is 9.98 Å².